The monoisotopic (exact) mass is 412 g/mol. The SMILES string of the molecule is CCSc1nc2n(n1)C(c1ccc(OC(C)C)cc1)C1=C(CC(C)(C)CC1=O)N2. The summed E-state index contributed by atoms with van der Waals surface area (Å²) in [6.07, 6.45) is 1.48. The first-order valence-electron chi connectivity index (χ1n) is 10.2. The third-order valence-corrected chi connectivity index (χ3v) is 5.87. The number of nitrogens with zero attached hydrogens (tertiary/aromatic N) is 3. The summed E-state index contributed by atoms with van der Waals surface area (Å²) in [5.41, 5.74) is 2.74. The minimum Gasteiger partial charge on any atom is -0.491 e. The van der Waals surface area contributed by atoms with Gasteiger partial charge in [0.15, 0.2) is 5.78 Å². The number of allylic oxidation sites excluding steroid dienone is 2. The highest BCUT2D eigenvalue weighted by Crippen LogP contribution is 2.45. The molecule has 0 radical (unpaired) electrons. The lowest BCUT2D eigenvalue weighted by atomic mass is 9.73. The number of benzene rings is 1. The molecule has 29 heavy (non-hydrogen) atoms. The maximum Gasteiger partial charge on any atom is 0.227 e. The van der Waals surface area contributed by atoms with Crippen molar-refractivity contribution in [2.24, 2.45) is 5.41 Å². The second kappa shape index (κ2) is 7.52. The summed E-state index contributed by atoms with van der Waals surface area (Å²) in [6.45, 7) is 10.4. The fraction of sp³-hybridized carbons (Fsp3) is 0.500. The van der Waals surface area contributed by atoms with Gasteiger partial charge in [-0.2, -0.15) is 4.98 Å². The third-order valence-electron chi connectivity index (χ3n) is 5.15. The Balaban J connectivity index is 1.80. The lowest BCUT2D eigenvalue weighted by molar-refractivity contribution is -0.118. The van der Waals surface area contributed by atoms with Crippen LogP contribution in [0.3, 0.4) is 0 Å². The highest BCUT2D eigenvalue weighted by molar-refractivity contribution is 7.99. The number of rotatable bonds is 5. The van der Waals surface area contributed by atoms with Crippen LogP contribution in [0.1, 0.15) is 59.1 Å². The molecule has 7 heteroatoms. The minimum absolute atomic E-state index is 0.0639. The largest absolute Gasteiger partial charge is 0.491 e. The average molecular weight is 413 g/mol. The van der Waals surface area contributed by atoms with Crippen molar-refractivity contribution < 1.29 is 9.53 Å². The molecule has 1 aliphatic heterocycles. The zero-order chi connectivity index (χ0) is 20.8. The Morgan fingerprint density at radius 3 is 2.66 bits per heavy atom. The van der Waals surface area contributed by atoms with Gasteiger partial charge in [-0.3, -0.25) is 4.79 Å². The molecular weight excluding hydrogens is 384 g/mol. The van der Waals surface area contributed by atoms with E-state index in [2.05, 4.69) is 31.1 Å². The van der Waals surface area contributed by atoms with Crippen LogP contribution in [0.2, 0.25) is 0 Å². The lowest BCUT2D eigenvalue weighted by Gasteiger charge is -2.38. The number of ether oxygens (including phenoxy) is 1. The number of carbonyl (C=O) groups excluding carboxylic acids is 1. The predicted octanol–water partition coefficient (Wildman–Crippen LogP) is 4.84. The van der Waals surface area contributed by atoms with E-state index in [9.17, 15) is 4.79 Å². The van der Waals surface area contributed by atoms with Gasteiger partial charge >= 0.3 is 0 Å². The molecule has 154 valence electrons. The molecule has 1 aromatic carbocycles. The summed E-state index contributed by atoms with van der Waals surface area (Å²) in [5, 5.41) is 8.86. The molecule has 1 atom stereocenters. The van der Waals surface area contributed by atoms with Gasteiger partial charge in [-0.05, 0) is 49.1 Å². The van der Waals surface area contributed by atoms with Crippen LogP contribution in [-0.4, -0.2) is 32.4 Å². The zero-order valence-corrected chi connectivity index (χ0v) is 18.5. The van der Waals surface area contributed by atoms with Crippen LogP contribution in [0.15, 0.2) is 40.7 Å². The Morgan fingerprint density at radius 2 is 2.00 bits per heavy atom. The van der Waals surface area contributed by atoms with Crippen LogP contribution in [0.5, 0.6) is 5.75 Å². The fourth-order valence-corrected chi connectivity index (χ4v) is 4.64. The molecule has 1 unspecified atom stereocenters. The highest BCUT2D eigenvalue weighted by atomic mass is 32.2. The number of thioether (sulfide) groups is 1. The first-order valence-corrected chi connectivity index (χ1v) is 11.1. The normalized spacial score (nSPS) is 20.3. The number of fused-ring (bicyclic) bond motifs is 1. The number of carbonyl (C=O) groups is 1. The van der Waals surface area contributed by atoms with Crippen molar-refractivity contribution in [3.8, 4) is 5.75 Å². The first-order chi connectivity index (χ1) is 13.8. The van der Waals surface area contributed by atoms with E-state index in [1.807, 2.05) is 42.8 Å². The second-order valence-corrected chi connectivity index (χ2v) is 9.92. The van der Waals surface area contributed by atoms with Crippen LogP contribution in [0.4, 0.5) is 5.95 Å². The van der Waals surface area contributed by atoms with E-state index in [1.54, 1.807) is 11.8 Å². The number of aromatic nitrogens is 3. The predicted molar refractivity (Wildman–Crippen MR) is 115 cm³/mol. The van der Waals surface area contributed by atoms with Crippen molar-refractivity contribution in [1.29, 1.82) is 0 Å². The molecule has 0 saturated carbocycles. The van der Waals surface area contributed by atoms with Crippen LogP contribution < -0.4 is 10.1 Å². The van der Waals surface area contributed by atoms with E-state index in [-0.39, 0.29) is 23.3 Å². The Bertz CT molecular complexity index is 960. The minimum atomic E-state index is -0.267. The molecule has 0 spiro atoms. The summed E-state index contributed by atoms with van der Waals surface area (Å²) in [6, 6.07) is 7.73. The molecule has 2 heterocycles. The second-order valence-electron chi connectivity index (χ2n) is 8.69. The fourth-order valence-electron chi connectivity index (χ4n) is 4.09. The molecule has 2 aromatic rings. The molecule has 1 aromatic heterocycles. The topological polar surface area (TPSA) is 69.0 Å². The maximum atomic E-state index is 13.2. The van der Waals surface area contributed by atoms with Crippen molar-refractivity contribution >= 4 is 23.5 Å². The lowest BCUT2D eigenvalue weighted by Crippen LogP contribution is -2.36. The molecule has 1 N–H and O–H groups in total. The van der Waals surface area contributed by atoms with Gasteiger partial charge in [-0.15, -0.1) is 5.10 Å². The molecule has 0 fully saturated rings. The molecular formula is C22H28N4O2S. The number of hydrogen-bond acceptors (Lipinski definition) is 6. The molecule has 1 aliphatic carbocycles. The average Bonchev–Trinajstić information content (AvgIpc) is 3.01. The zero-order valence-electron chi connectivity index (χ0n) is 17.7. The number of hydrogen-bond donors (Lipinski definition) is 1. The van der Waals surface area contributed by atoms with Gasteiger partial charge in [0.05, 0.1) is 6.10 Å². The summed E-state index contributed by atoms with van der Waals surface area (Å²) < 4.78 is 7.65. The number of ketones is 1. The van der Waals surface area contributed by atoms with E-state index in [1.165, 1.54) is 0 Å². The highest BCUT2D eigenvalue weighted by Gasteiger charge is 2.41. The third kappa shape index (κ3) is 3.92. The van der Waals surface area contributed by atoms with Crippen molar-refractivity contribution in [2.75, 3.05) is 11.1 Å². The smallest absolute Gasteiger partial charge is 0.227 e. The Kier molecular flexibility index (Phi) is 5.19. The van der Waals surface area contributed by atoms with Crippen molar-refractivity contribution in [2.45, 2.75) is 64.8 Å². The van der Waals surface area contributed by atoms with E-state index in [4.69, 9.17) is 9.84 Å². The van der Waals surface area contributed by atoms with E-state index >= 15 is 0 Å². The first kappa shape index (κ1) is 20.0. The molecule has 0 saturated heterocycles. The molecule has 0 amide bonds. The quantitative estimate of drug-likeness (QED) is 0.709. The van der Waals surface area contributed by atoms with Gasteiger partial charge in [0.25, 0.3) is 0 Å². The van der Waals surface area contributed by atoms with Crippen molar-refractivity contribution in [3.63, 3.8) is 0 Å². The van der Waals surface area contributed by atoms with Crippen LogP contribution in [0.25, 0.3) is 0 Å². The van der Waals surface area contributed by atoms with Crippen LogP contribution in [-0.2, 0) is 4.79 Å². The van der Waals surface area contributed by atoms with Gasteiger partial charge < -0.3 is 10.1 Å². The van der Waals surface area contributed by atoms with Crippen LogP contribution >= 0.6 is 11.8 Å². The van der Waals surface area contributed by atoms with Gasteiger partial charge in [-0.1, -0.05) is 44.7 Å². The van der Waals surface area contributed by atoms with E-state index < -0.39 is 0 Å². The standard InChI is InChI=1S/C22H28N4O2S/c1-6-29-21-24-20-23-16-11-22(4,5)12-17(27)18(16)19(26(20)25-21)14-7-9-15(10-8-14)28-13(2)3/h7-10,13,19H,6,11-12H2,1-5H3,(H,23,24,25). The molecule has 6 nitrogen and oxygen atoms in total. The van der Waals surface area contributed by atoms with Gasteiger partial charge in [0.1, 0.15) is 11.8 Å². The van der Waals surface area contributed by atoms with Crippen LogP contribution in [0, 0.1) is 5.41 Å². The van der Waals surface area contributed by atoms with E-state index in [0.29, 0.717) is 12.4 Å². The summed E-state index contributed by atoms with van der Waals surface area (Å²) in [7, 11) is 0. The summed E-state index contributed by atoms with van der Waals surface area (Å²) in [5.74, 6) is 2.61. The summed E-state index contributed by atoms with van der Waals surface area (Å²) >= 11 is 1.60. The molecule has 4 rings (SSSR count). The Labute approximate surface area is 176 Å². The van der Waals surface area contributed by atoms with Gasteiger partial charge in [-0.25, -0.2) is 4.68 Å². The van der Waals surface area contributed by atoms with Gasteiger partial charge in [0, 0.05) is 17.7 Å². The molecule has 0 bridgehead atoms. The van der Waals surface area contributed by atoms with Crippen molar-refractivity contribution in [3.05, 3.63) is 41.1 Å². The van der Waals surface area contributed by atoms with E-state index in [0.717, 1.165) is 39.9 Å². The maximum absolute atomic E-state index is 13.2. The Hall–Kier alpha value is -2.28. The van der Waals surface area contributed by atoms with Crippen molar-refractivity contribution in [1.82, 2.24) is 14.8 Å². The summed E-state index contributed by atoms with van der Waals surface area (Å²) in [4.78, 5) is 17.9. The molecule has 2 aliphatic rings. The Morgan fingerprint density at radius 1 is 1.28 bits per heavy atom. The van der Waals surface area contributed by atoms with Gasteiger partial charge in [0.2, 0.25) is 11.1 Å². The number of Topliss-reactive ketones (excluding diaryl/α,β-unsaturated/α-hetero) is 1. The number of nitrogens with one attached hydrogen (secondary N) is 1. The number of anilines is 1.